The summed E-state index contributed by atoms with van der Waals surface area (Å²) in [5, 5.41) is 0.661. The predicted octanol–water partition coefficient (Wildman–Crippen LogP) is 5.75. The second-order valence-corrected chi connectivity index (χ2v) is 9.43. The molecule has 0 fully saturated rings. The number of fused-ring (bicyclic) bond motifs is 1. The molecule has 0 spiro atoms. The van der Waals surface area contributed by atoms with Crippen molar-refractivity contribution in [3.8, 4) is 17.2 Å². The highest BCUT2D eigenvalue weighted by Gasteiger charge is 2.33. The minimum atomic E-state index is -0.960. The van der Waals surface area contributed by atoms with Crippen LogP contribution in [0.3, 0.4) is 0 Å². The van der Waals surface area contributed by atoms with Gasteiger partial charge in [-0.15, -0.1) is 0 Å². The number of ether oxygens (including phenoxy) is 4. The third kappa shape index (κ3) is 5.00. The highest BCUT2D eigenvalue weighted by atomic mass is 35.5. The van der Waals surface area contributed by atoms with Gasteiger partial charge in [-0.1, -0.05) is 53.7 Å². The Morgan fingerprint density at radius 2 is 1.73 bits per heavy atom. The van der Waals surface area contributed by atoms with Gasteiger partial charge >= 0.3 is 5.97 Å². The van der Waals surface area contributed by atoms with Crippen LogP contribution in [-0.4, -0.2) is 42.7 Å². The maximum atomic E-state index is 13.9. The standard InChI is InChI=1S/C27H21ClN2O6S/c1-33-16-8-10-17(11-9-16)37-26-23(27(32)34-2)29-25(30-26)22(24(31)15-6-4-3-5-7-15)18-12-20-21(13-19(18)28)36-14-35-20/h3-13,22H,14H2,1-2H3,(H,29,30). The lowest BCUT2D eigenvalue weighted by molar-refractivity contribution is 0.0590. The van der Waals surface area contributed by atoms with E-state index in [1.54, 1.807) is 43.5 Å². The summed E-state index contributed by atoms with van der Waals surface area (Å²) in [6.07, 6.45) is 0. The van der Waals surface area contributed by atoms with Crippen LogP contribution in [0.25, 0.3) is 0 Å². The van der Waals surface area contributed by atoms with E-state index >= 15 is 0 Å². The first-order chi connectivity index (χ1) is 18.0. The minimum absolute atomic E-state index is 0.0578. The molecule has 0 saturated heterocycles. The number of aromatic amines is 1. The van der Waals surface area contributed by atoms with Crippen molar-refractivity contribution in [2.45, 2.75) is 15.8 Å². The summed E-state index contributed by atoms with van der Waals surface area (Å²) in [6.45, 7) is 0.0578. The molecule has 1 N–H and O–H groups in total. The summed E-state index contributed by atoms with van der Waals surface area (Å²) in [5.41, 5.74) is 1.05. The lowest BCUT2D eigenvalue weighted by atomic mass is 9.89. The number of imidazole rings is 1. The molecule has 0 saturated carbocycles. The van der Waals surface area contributed by atoms with E-state index in [4.69, 9.17) is 35.5 Å². The Morgan fingerprint density at radius 1 is 1.03 bits per heavy atom. The first-order valence-corrected chi connectivity index (χ1v) is 12.4. The number of carbonyl (C=O) groups excluding carboxylic acids is 2. The van der Waals surface area contributed by atoms with Crippen LogP contribution in [0, 0.1) is 0 Å². The molecule has 188 valence electrons. The van der Waals surface area contributed by atoms with Crippen LogP contribution in [0.15, 0.2) is 76.7 Å². The summed E-state index contributed by atoms with van der Waals surface area (Å²) in [6, 6.07) is 19.4. The Bertz CT molecular complexity index is 1460. The van der Waals surface area contributed by atoms with Gasteiger partial charge in [-0.3, -0.25) is 4.79 Å². The molecule has 1 aromatic heterocycles. The van der Waals surface area contributed by atoms with Crippen molar-refractivity contribution in [3.05, 3.63) is 94.4 Å². The Kier molecular flexibility index (Phi) is 7.07. The number of hydrogen-bond acceptors (Lipinski definition) is 8. The third-order valence-corrected chi connectivity index (χ3v) is 7.07. The van der Waals surface area contributed by atoms with E-state index in [0.717, 1.165) is 4.90 Å². The lowest BCUT2D eigenvalue weighted by Gasteiger charge is -2.16. The number of rotatable bonds is 8. The number of aromatic nitrogens is 2. The molecule has 0 amide bonds. The molecule has 0 radical (unpaired) electrons. The lowest BCUT2D eigenvalue weighted by Crippen LogP contribution is -2.17. The smallest absolute Gasteiger partial charge is 0.357 e. The molecule has 0 bridgehead atoms. The Morgan fingerprint density at radius 3 is 2.41 bits per heavy atom. The van der Waals surface area contributed by atoms with E-state index in [-0.39, 0.29) is 24.1 Å². The van der Waals surface area contributed by atoms with Gasteiger partial charge in [-0.05, 0) is 35.9 Å². The van der Waals surface area contributed by atoms with Crippen molar-refractivity contribution in [3.63, 3.8) is 0 Å². The molecule has 8 nitrogen and oxygen atoms in total. The predicted molar refractivity (Wildman–Crippen MR) is 137 cm³/mol. The quantitative estimate of drug-likeness (QED) is 0.224. The number of ketones is 1. The van der Waals surface area contributed by atoms with Gasteiger partial charge in [0.25, 0.3) is 0 Å². The second-order valence-electron chi connectivity index (χ2n) is 7.96. The van der Waals surface area contributed by atoms with Crippen molar-refractivity contribution in [1.29, 1.82) is 0 Å². The van der Waals surface area contributed by atoms with E-state index in [9.17, 15) is 9.59 Å². The topological polar surface area (TPSA) is 99.7 Å². The number of hydrogen-bond donors (Lipinski definition) is 1. The molecule has 10 heteroatoms. The molecule has 37 heavy (non-hydrogen) atoms. The molecule has 4 aromatic rings. The molecular formula is C27H21ClN2O6S. The van der Waals surface area contributed by atoms with Crippen molar-refractivity contribution >= 4 is 35.1 Å². The molecule has 1 unspecified atom stereocenters. The second kappa shape index (κ2) is 10.6. The van der Waals surface area contributed by atoms with Gasteiger partial charge in [0.1, 0.15) is 22.5 Å². The number of Topliss-reactive ketones (excluding diaryl/α,β-unsaturated/α-hetero) is 1. The van der Waals surface area contributed by atoms with E-state index in [0.29, 0.717) is 38.4 Å². The highest BCUT2D eigenvalue weighted by molar-refractivity contribution is 7.99. The van der Waals surface area contributed by atoms with Crippen LogP contribution in [0.4, 0.5) is 0 Å². The first kappa shape index (κ1) is 24.7. The third-order valence-electron chi connectivity index (χ3n) is 5.75. The van der Waals surface area contributed by atoms with Crippen molar-refractivity contribution in [2.75, 3.05) is 21.0 Å². The number of nitrogens with zero attached hydrogens (tertiary/aromatic N) is 1. The number of halogens is 1. The van der Waals surface area contributed by atoms with Crippen LogP contribution in [0.1, 0.15) is 38.2 Å². The highest BCUT2D eigenvalue weighted by Crippen LogP contribution is 2.42. The largest absolute Gasteiger partial charge is 0.497 e. The Balaban J connectivity index is 1.62. The molecule has 1 aliphatic heterocycles. The van der Waals surface area contributed by atoms with E-state index < -0.39 is 11.9 Å². The fraction of sp³-hybridized carbons (Fsp3) is 0.148. The van der Waals surface area contributed by atoms with Gasteiger partial charge in [0.15, 0.2) is 23.0 Å². The number of H-pyrrole nitrogens is 1. The average Bonchev–Trinajstić information content (AvgIpc) is 3.56. The van der Waals surface area contributed by atoms with E-state index in [1.165, 1.54) is 18.9 Å². The molecule has 5 rings (SSSR count). The summed E-state index contributed by atoms with van der Waals surface area (Å²) >= 11 is 7.90. The van der Waals surface area contributed by atoms with Gasteiger partial charge in [0, 0.05) is 21.5 Å². The van der Waals surface area contributed by atoms with Crippen LogP contribution in [0.5, 0.6) is 17.2 Å². The fourth-order valence-corrected chi connectivity index (χ4v) is 5.06. The molecule has 2 heterocycles. The number of benzene rings is 3. The molecule has 1 atom stereocenters. The van der Waals surface area contributed by atoms with Crippen molar-refractivity contribution in [2.24, 2.45) is 0 Å². The van der Waals surface area contributed by atoms with Gasteiger partial charge in [-0.2, -0.15) is 0 Å². The van der Waals surface area contributed by atoms with Crippen molar-refractivity contribution in [1.82, 2.24) is 9.97 Å². The van der Waals surface area contributed by atoms with E-state index in [2.05, 4.69) is 4.98 Å². The monoisotopic (exact) mass is 536 g/mol. The Hall–Kier alpha value is -3.95. The van der Waals surface area contributed by atoms with Gasteiger partial charge in [0.2, 0.25) is 6.79 Å². The normalized spacial score (nSPS) is 12.7. The number of carbonyl (C=O) groups is 2. The number of nitrogens with one attached hydrogen (secondary N) is 1. The van der Waals surface area contributed by atoms with Gasteiger partial charge < -0.3 is 23.9 Å². The SMILES string of the molecule is COC(=O)c1[nH]c(C(C(=O)c2ccccc2)c2cc3c(cc2Cl)OCO3)nc1Sc1ccc(OC)cc1. The Labute approximate surface area is 221 Å². The first-order valence-electron chi connectivity index (χ1n) is 11.2. The van der Waals surface area contributed by atoms with Gasteiger partial charge in [-0.25, -0.2) is 9.78 Å². The maximum absolute atomic E-state index is 13.9. The van der Waals surface area contributed by atoms with Crippen LogP contribution in [-0.2, 0) is 4.74 Å². The average molecular weight is 537 g/mol. The van der Waals surface area contributed by atoms with Gasteiger partial charge in [0.05, 0.1) is 14.2 Å². The summed E-state index contributed by atoms with van der Waals surface area (Å²) in [5.74, 6) is 0.0724. The molecule has 1 aliphatic rings. The van der Waals surface area contributed by atoms with Crippen LogP contribution < -0.4 is 14.2 Å². The zero-order valence-corrected chi connectivity index (χ0v) is 21.4. The number of methoxy groups -OCH3 is 2. The maximum Gasteiger partial charge on any atom is 0.357 e. The number of esters is 1. The van der Waals surface area contributed by atoms with Crippen LogP contribution >= 0.6 is 23.4 Å². The summed E-state index contributed by atoms with van der Waals surface area (Å²) in [4.78, 5) is 35.1. The zero-order chi connectivity index (χ0) is 25.9. The minimum Gasteiger partial charge on any atom is -0.497 e. The summed E-state index contributed by atoms with van der Waals surface area (Å²) < 4.78 is 21.2. The molecule has 0 aliphatic carbocycles. The summed E-state index contributed by atoms with van der Waals surface area (Å²) in [7, 11) is 2.87. The fourth-order valence-electron chi connectivity index (χ4n) is 3.92. The molecular weight excluding hydrogens is 516 g/mol. The van der Waals surface area contributed by atoms with Crippen LogP contribution in [0.2, 0.25) is 5.02 Å². The zero-order valence-electron chi connectivity index (χ0n) is 19.8. The van der Waals surface area contributed by atoms with E-state index in [1.807, 2.05) is 30.3 Å². The van der Waals surface area contributed by atoms with Crippen molar-refractivity contribution < 1.29 is 28.5 Å². The molecule has 3 aromatic carbocycles.